The van der Waals surface area contributed by atoms with Crippen LogP contribution >= 0.6 is 0 Å². The number of halogens is 3. The minimum Gasteiger partial charge on any atom is -0.308 e. The van der Waals surface area contributed by atoms with Crippen molar-refractivity contribution in [3.05, 3.63) is 23.5 Å². The molecule has 0 radical (unpaired) electrons. The van der Waals surface area contributed by atoms with Gasteiger partial charge in [0.15, 0.2) is 5.69 Å². The lowest BCUT2D eigenvalue weighted by atomic mass is 10.2. The van der Waals surface area contributed by atoms with Crippen molar-refractivity contribution in [1.82, 2.24) is 15.5 Å². The van der Waals surface area contributed by atoms with Crippen LogP contribution in [-0.4, -0.2) is 16.2 Å². The molecule has 1 fully saturated rings. The maximum atomic E-state index is 12.2. The third-order valence-corrected chi connectivity index (χ3v) is 2.94. The third-order valence-electron chi connectivity index (χ3n) is 2.94. The van der Waals surface area contributed by atoms with E-state index in [0.717, 1.165) is 6.07 Å². The number of aromatic nitrogens is 2. The molecule has 0 amide bonds. The molecule has 0 bridgehead atoms. The van der Waals surface area contributed by atoms with Gasteiger partial charge in [0.25, 0.3) is 0 Å². The Morgan fingerprint density at radius 1 is 1.35 bits per heavy atom. The fraction of sp³-hybridized carbons (Fsp3) is 0.636. The van der Waals surface area contributed by atoms with Crippen molar-refractivity contribution in [2.45, 2.75) is 38.5 Å². The zero-order chi connectivity index (χ0) is 12.5. The molecule has 2 rings (SSSR count). The van der Waals surface area contributed by atoms with Crippen LogP contribution in [0.15, 0.2) is 12.1 Å². The van der Waals surface area contributed by atoms with E-state index in [9.17, 15) is 13.2 Å². The van der Waals surface area contributed by atoms with Crippen LogP contribution in [0, 0.1) is 5.92 Å². The molecule has 1 N–H and O–H groups in total. The SMILES string of the molecule is CC(NCc1ccc(C(F)(F)F)nn1)C1CC1. The smallest absolute Gasteiger partial charge is 0.308 e. The van der Waals surface area contributed by atoms with Gasteiger partial charge in [-0.05, 0) is 37.8 Å². The lowest BCUT2D eigenvalue weighted by Crippen LogP contribution is -2.27. The first-order valence-corrected chi connectivity index (χ1v) is 5.60. The molecule has 1 aliphatic carbocycles. The van der Waals surface area contributed by atoms with Crippen LogP contribution < -0.4 is 5.32 Å². The molecule has 17 heavy (non-hydrogen) atoms. The summed E-state index contributed by atoms with van der Waals surface area (Å²) in [4.78, 5) is 0. The zero-order valence-corrected chi connectivity index (χ0v) is 9.46. The van der Waals surface area contributed by atoms with Gasteiger partial charge >= 0.3 is 6.18 Å². The van der Waals surface area contributed by atoms with Crippen LogP contribution in [0.4, 0.5) is 13.2 Å². The van der Waals surface area contributed by atoms with Crippen molar-refractivity contribution in [2.75, 3.05) is 0 Å². The van der Waals surface area contributed by atoms with Gasteiger partial charge in [-0.15, -0.1) is 5.10 Å². The molecule has 0 saturated heterocycles. The van der Waals surface area contributed by atoms with E-state index in [1.807, 2.05) is 0 Å². The summed E-state index contributed by atoms with van der Waals surface area (Å²) in [5, 5.41) is 9.97. The lowest BCUT2D eigenvalue weighted by Gasteiger charge is -2.12. The van der Waals surface area contributed by atoms with Gasteiger partial charge in [-0.2, -0.15) is 18.3 Å². The molecule has 0 spiro atoms. The van der Waals surface area contributed by atoms with E-state index in [1.54, 1.807) is 0 Å². The van der Waals surface area contributed by atoms with Crippen molar-refractivity contribution in [3.8, 4) is 0 Å². The molecule has 1 aliphatic rings. The first kappa shape index (κ1) is 12.3. The van der Waals surface area contributed by atoms with Crippen molar-refractivity contribution in [3.63, 3.8) is 0 Å². The van der Waals surface area contributed by atoms with Crippen LogP contribution in [0.2, 0.25) is 0 Å². The van der Waals surface area contributed by atoms with Crippen molar-refractivity contribution < 1.29 is 13.2 Å². The highest BCUT2D eigenvalue weighted by Gasteiger charge is 2.33. The van der Waals surface area contributed by atoms with Gasteiger partial charge in [-0.1, -0.05) is 0 Å². The number of hydrogen-bond donors (Lipinski definition) is 1. The van der Waals surface area contributed by atoms with Crippen LogP contribution in [0.25, 0.3) is 0 Å². The van der Waals surface area contributed by atoms with Gasteiger partial charge in [0.1, 0.15) is 0 Å². The molecule has 0 aromatic carbocycles. The molecule has 3 nitrogen and oxygen atoms in total. The Morgan fingerprint density at radius 2 is 2.06 bits per heavy atom. The number of alkyl halides is 3. The van der Waals surface area contributed by atoms with Crippen molar-refractivity contribution in [2.24, 2.45) is 5.92 Å². The molecular weight excluding hydrogens is 231 g/mol. The average molecular weight is 245 g/mol. The van der Waals surface area contributed by atoms with Crippen LogP contribution in [0.5, 0.6) is 0 Å². The fourth-order valence-electron chi connectivity index (χ4n) is 1.63. The largest absolute Gasteiger partial charge is 0.435 e. The molecule has 0 aliphatic heterocycles. The standard InChI is InChI=1S/C11H14F3N3/c1-7(8-2-3-8)15-6-9-4-5-10(17-16-9)11(12,13)14/h4-5,7-8,15H,2-3,6H2,1H3. The molecule has 1 aromatic heterocycles. The van der Waals surface area contributed by atoms with Gasteiger partial charge < -0.3 is 5.32 Å². The molecule has 1 saturated carbocycles. The monoisotopic (exact) mass is 245 g/mol. The van der Waals surface area contributed by atoms with Gasteiger partial charge in [0.05, 0.1) is 5.69 Å². The van der Waals surface area contributed by atoms with Gasteiger partial charge in [0, 0.05) is 12.6 Å². The summed E-state index contributed by atoms with van der Waals surface area (Å²) in [6.45, 7) is 2.54. The number of rotatable bonds is 4. The summed E-state index contributed by atoms with van der Waals surface area (Å²) in [5.41, 5.74) is -0.415. The molecule has 1 heterocycles. The molecule has 1 atom stereocenters. The maximum absolute atomic E-state index is 12.2. The Balaban J connectivity index is 1.89. The fourth-order valence-corrected chi connectivity index (χ4v) is 1.63. The highest BCUT2D eigenvalue weighted by Crippen LogP contribution is 2.32. The topological polar surface area (TPSA) is 37.8 Å². The Bertz CT molecular complexity index is 371. The Morgan fingerprint density at radius 3 is 2.53 bits per heavy atom. The lowest BCUT2D eigenvalue weighted by molar-refractivity contribution is -0.141. The van der Waals surface area contributed by atoms with E-state index < -0.39 is 11.9 Å². The minimum atomic E-state index is -4.42. The third kappa shape index (κ3) is 3.39. The van der Waals surface area contributed by atoms with Crippen molar-refractivity contribution in [1.29, 1.82) is 0 Å². The second-order valence-electron chi connectivity index (χ2n) is 4.41. The summed E-state index contributed by atoms with van der Waals surface area (Å²) < 4.78 is 36.7. The molecule has 94 valence electrons. The molecule has 1 aromatic rings. The van der Waals surface area contributed by atoms with E-state index in [1.165, 1.54) is 18.9 Å². The predicted molar refractivity (Wildman–Crippen MR) is 56.1 cm³/mol. The second-order valence-corrected chi connectivity index (χ2v) is 4.41. The summed E-state index contributed by atoms with van der Waals surface area (Å²) in [7, 11) is 0. The number of nitrogens with one attached hydrogen (secondary N) is 1. The summed E-state index contributed by atoms with van der Waals surface area (Å²) in [5.74, 6) is 0.706. The summed E-state index contributed by atoms with van der Waals surface area (Å²) >= 11 is 0. The van der Waals surface area contributed by atoms with E-state index in [0.29, 0.717) is 24.2 Å². The van der Waals surface area contributed by atoms with Gasteiger partial charge in [0.2, 0.25) is 0 Å². The Kier molecular flexibility index (Phi) is 3.33. The molecular formula is C11H14F3N3. The van der Waals surface area contributed by atoms with E-state index in [-0.39, 0.29) is 0 Å². The number of hydrogen-bond acceptors (Lipinski definition) is 3. The van der Waals surface area contributed by atoms with E-state index in [4.69, 9.17) is 0 Å². The van der Waals surface area contributed by atoms with E-state index in [2.05, 4.69) is 22.4 Å². The first-order valence-electron chi connectivity index (χ1n) is 5.60. The van der Waals surface area contributed by atoms with Gasteiger partial charge in [-0.25, -0.2) is 0 Å². The van der Waals surface area contributed by atoms with Crippen molar-refractivity contribution >= 4 is 0 Å². The van der Waals surface area contributed by atoms with Crippen LogP contribution in [0.3, 0.4) is 0 Å². The molecule has 1 unspecified atom stereocenters. The summed E-state index contributed by atoms with van der Waals surface area (Å²) in [6.07, 6.45) is -1.96. The Labute approximate surface area is 97.4 Å². The quantitative estimate of drug-likeness (QED) is 0.885. The van der Waals surface area contributed by atoms with Crippen LogP contribution in [-0.2, 0) is 12.7 Å². The normalized spacial score (nSPS) is 18.1. The first-order chi connectivity index (χ1) is 7.97. The second kappa shape index (κ2) is 4.60. The minimum absolute atomic E-state index is 0.388. The highest BCUT2D eigenvalue weighted by molar-refractivity contribution is 5.09. The summed E-state index contributed by atoms with van der Waals surface area (Å²) in [6, 6.07) is 2.72. The predicted octanol–water partition coefficient (Wildman–Crippen LogP) is 2.38. The highest BCUT2D eigenvalue weighted by atomic mass is 19.4. The van der Waals surface area contributed by atoms with E-state index >= 15 is 0 Å². The number of nitrogens with zero attached hydrogens (tertiary/aromatic N) is 2. The van der Waals surface area contributed by atoms with Gasteiger partial charge in [-0.3, -0.25) is 0 Å². The average Bonchev–Trinajstić information content (AvgIpc) is 3.09. The zero-order valence-electron chi connectivity index (χ0n) is 9.46. The van der Waals surface area contributed by atoms with Crippen LogP contribution in [0.1, 0.15) is 31.2 Å². The maximum Gasteiger partial charge on any atom is 0.435 e. The Hall–Kier alpha value is -1.17. The molecule has 6 heteroatoms.